The average molecular weight is 291 g/mol. The summed E-state index contributed by atoms with van der Waals surface area (Å²) in [5.74, 6) is 0.724. The molecule has 0 radical (unpaired) electrons. The van der Waals surface area contributed by atoms with E-state index < -0.39 is 11.5 Å². The summed E-state index contributed by atoms with van der Waals surface area (Å²) in [6.07, 6.45) is 3.10. The average Bonchev–Trinajstić information content (AvgIpc) is 2.39. The van der Waals surface area contributed by atoms with Crippen molar-refractivity contribution in [2.24, 2.45) is 5.41 Å². The number of alkyl carbamates (subject to hydrolysis) is 1. The van der Waals surface area contributed by atoms with Crippen molar-refractivity contribution in [1.29, 1.82) is 0 Å². The first-order chi connectivity index (χ1) is 8.94. The number of rotatable bonds is 9. The second-order valence-electron chi connectivity index (χ2n) is 4.78. The minimum Gasteiger partial charge on any atom is -0.463 e. The van der Waals surface area contributed by atoms with Gasteiger partial charge in [-0.05, 0) is 38.7 Å². The van der Waals surface area contributed by atoms with E-state index in [1.54, 1.807) is 11.8 Å². The maximum absolute atomic E-state index is 11.6. The van der Waals surface area contributed by atoms with E-state index in [0.29, 0.717) is 6.61 Å². The highest BCUT2D eigenvalue weighted by molar-refractivity contribution is 7.98. The number of carbonyl (C=O) groups excluding carboxylic acids is 2. The summed E-state index contributed by atoms with van der Waals surface area (Å²) in [7, 11) is 0. The minimum absolute atomic E-state index is 0.169. The number of hydrogen-bond acceptors (Lipinski definition) is 5. The van der Waals surface area contributed by atoms with Gasteiger partial charge in [0.2, 0.25) is 0 Å². The normalized spacial score (nSPS) is 10.9. The standard InChI is InChI=1S/C13H25NO4S/c1-5-13(2,3)11(15)17-9-7-14-12(16)18-8-6-10-19-4/h5-10H2,1-4H3,(H,14,16). The van der Waals surface area contributed by atoms with Crippen LogP contribution in [0.25, 0.3) is 0 Å². The predicted octanol–water partition coefficient (Wildman–Crippen LogP) is 2.45. The molecule has 0 bridgehead atoms. The van der Waals surface area contributed by atoms with Gasteiger partial charge in [0.25, 0.3) is 0 Å². The Morgan fingerprint density at radius 1 is 1.21 bits per heavy atom. The Morgan fingerprint density at radius 3 is 2.47 bits per heavy atom. The van der Waals surface area contributed by atoms with Crippen LogP contribution in [0.5, 0.6) is 0 Å². The van der Waals surface area contributed by atoms with E-state index in [1.165, 1.54) is 0 Å². The zero-order chi connectivity index (χ0) is 14.7. The van der Waals surface area contributed by atoms with Crippen LogP contribution in [0.3, 0.4) is 0 Å². The Kier molecular flexibility index (Phi) is 9.47. The van der Waals surface area contributed by atoms with E-state index in [4.69, 9.17) is 9.47 Å². The van der Waals surface area contributed by atoms with Crippen LogP contribution >= 0.6 is 11.8 Å². The van der Waals surface area contributed by atoms with Gasteiger partial charge in [0.15, 0.2) is 0 Å². The fourth-order valence-electron chi connectivity index (χ4n) is 1.06. The van der Waals surface area contributed by atoms with E-state index in [2.05, 4.69) is 5.32 Å². The molecule has 112 valence electrons. The fourth-order valence-corrected chi connectivity index (χ4v) is 1.46. The molecule has 1 amide bonds. The monoisotopic (exact) mass is 291 g/mol. The van der Waals surface area contributed by atoms with Gasteiger partial charge < -0.3 is 14.8 Å². The molecule has 0 unspecified atom stereocenters. The first kappa shape index (κ1) is 18.1. The molecule has 0 saturated carbocycles. The summed E-state index contributed by atoms with van der Waals surface area (Å²) in [5.41, 5.74) is -0.474. The summed E-state index contributed by atoms with van der Waals surface area (Å²) < 4.78 is 10.0. The summed E-state index contributed by atoms with van der Waals surface area (Å²) in [6, 6.07) is 0. The Labute approximate surface area is 119 Å². The highest BCUT2D eigenvalue weighted by Gasteiger charge is 2.26. The molecule has 0 fully saturated rings. The van der Waals surface area contributed by atoms with Gasteiger partial charge in [0.1, 0.15) is 6.61 Å². The first-order valence-electron chi connectivity index (χ1n) is 6.50. The molecule has 0 aliphatic heterocycles. The molecule has 0 spiro atoms. The number of ether oxygens (including phenoxy) is 2. The lowest BCUT2D eigenvalue weighted by Gasteiger charge is -2.20. The smallest absolute Gasteiger partial charge is 0.407 e. The lowest BCUT2D eigenvalue weighted by Crippen LogP contribution is -2.32. The third kappa shape index (κ3) is 8.75. The zero-order valence-electron chi connectivity index (χ0n) is 12.3. The molecule has 0 aliphatic rings. The van der Waals surface area contributed by atoms with Crippen LogP contribution in [-0.2, 0) is 14.3 Å². The number of hydrogen-bond donors (Lipinski definition) is 1. The first-order valence-corrected chi connectivity index (χ1v) is 7.90. The zero-order valence-corrected chi connectivity index (χ0v) is 13.1. The molecule has 6 heteroatoms. The van der Waals surface area contributed by atoms with Crippen LogP contribution in [0.15, 0.2) is 0 Å². The van der Waals surface area contributed by atoms with Crippen LogP contribution in [0, 0.1) is 5.41 Å². The van der Waals surface area contributed by atoms with E-state index in [-0.39, 0.29) is 19.1 Å². The molecule has 19 heavy (non-hydrogen) atoms. The molecule has 0 aromatic heterocycles. The van der Waals surface area contributed by atoms with Gasteiger partial charge in [-0.2, -0.15) is 11.8 Å². The summed E-state index contributed by atoms with van der Waals surface area (Å²) >= 11 is 1.71. The Morgan fingerprint density at radius 2 is 1.89 bits per heavy atom. The van der Waals surface area contributed by atoms with Gasteiger partial charge in [-0.15, -0.1) is 0 Å². The van der Waals surface area contributed by atoms with Crippen LogP contribution in [-0.4, -0.2) is 43.8 Å². The van der Waals surface area contributed by atoms with Crippen molar-refractivity contribution in [2.75, 3.05) is 31.8 Å². The molecule has 0 atom stereocenters. The third-order valence-corrected chi connectivity index (χ3v) is 3.46. The predicted molar refractivity (Wildman–Crippen MR) is 77.4 cm³/mol. The van der Waals surface area contributed by atoms with Crippen molar-refractivity contribution in [3.8, 4) is 0 Å². The van der Waals surface area contributed by atoms with E-state index in [1.807, 2.05) is 27.0 Å². The van der Waals surface area contributed by atoms with Crippen molar-refractivity contribution in [3.63, 3.8) is 0 Å². The molecule has 0 saturated heterocycles. The van der Waals surface area contributed by atoms with Crippen molar-refractivity contribution >= 4 is 23.8 Å². The quantitative estimate of drug-likeness (QED) is 0.522. The molecule has 0 heterocycles. The number of thioether (sulfide) groups is 1. The highest BCUT2D eigenvalue weighted by atomic mass is 32.2. The van der Waals surface area contributed by atoms with Crippen molar-refractivity contribution in [1.82, 2.24) is 5.32 Å². The SMILES string of the molecule is CCC(C)(C)C(=O)OCCNC(=O)OCCCSC. The fraction of sp³-hybridized carbons (Fsp3) is 0.846. The molecule has 0 aromatic carbocycles. The van der Waals surface area contributed by atoms with Crippen LogP contribution < -0.4 is 5.32 Å². The molecule has 0 aliphatic carbocycles. The lowest BCUT2D eigenvalue weighted by molar-refractivity contribution is -0.153. The van der Waals surface area contributed by atoms with E-state index in [9.17, 15) is 9.59 Å². The van der Waals surface area contributed by atoms with Crippen LogP contribution in [0.1, 0.15) is 33.6 Å². The lowest BCUT2D eigenvalue weighted by atomic mass is 9.91. The number of carbonyl (C=O) groups is 2. The Hall–Kier alpha value is -0.910. The van der Waals surface area contributed by atoms with E-state index in [0.717, 1.165) is 18.6 Å². The van der Waals surface area contributed by atoms with Crippen LogP contribution in [0.2, 0.25) is 0 Å². The van der Waals surface area contributed by atoms with Gasteiger partial charge in [0, 0.05) is 0 Å². The number of amides is 1. The van der Waals surface area contributed by atoms with Gasteiger partial charge in [0.05, 0.1) is 18.6 Å². The second-order valence-corrected chi connectivity index (χ2v) is 5.77. The number of nitrogens with one attached hydrogen (secondary N) is 1. The largest absolute Gasteiger partial charge is 0.463 e. The molecule has 5 nitrogen and oxygen atoms in total. The van der Waals surface area contributed by atoms with Crippen molar-refractivity contribution in [3.05, 3.63) is 0 Å². The van der Waals surface area contributed by atoms with E-state index >= 15 is 0 Å². The molecule has 0 aromatic rings. The van der Waals surface area contributed by atoms with Gasteiger partial charge in [-0.1, -0.05) is 6.92 Å². The van der Waals surface area contributed by atoms with Gasteiger partial charge in [-0.25, -0.2) is 4.79 Å². The molecular formula is C13H25NO4S. The van der Waals surface area contributed by atoms with Crippen molar-refractivity contribution < 1.29 is 19.1 Å². The maximum atomic E-state index is 11.6. The van der Waals surface area contributed by atoms with Gasteiger partial charge in [-0.3, -0.25) is 4.79 Å². The van der Waals surface area contributed by atoms with Crippen molar-refractivity contribution in [2.45, 2.75) is 33.6 Å². The summed E-state index contributed by atoms with van der Waals surface area (Å²) in [4.78, 5) is 22.8. The molecule has 1 N–H and O–H groups in total. The summed E-state index contributed by atoms with van der Waals surface area (Å²) in [6.45, 7) is 6.46. The second kappa shape index (κ2) is 9.95. The topological polar surface area (TPSA) is 64.6 Å². The number of esters is 1. The van der Waals surface area contributed by atoms with Gasteiger partial charge >= 0.3 is 12.1 Å². The summed E-state index contributed by atoms with van der Waals surface area (Å²) in [5, 5.41) is 2.54. The minimum atomic E-state index is -0.474. The molecular weight excluding hydrogens is 266 g/mol. The Bertz CT molecular complexity index is 282. The highest BCUT2D eigenvalue weighted by Crippen LogP contribution is 2.21. The Balaban J connectivity index is 3.58. The third-order valence-electron chi connectivity index (χ3n) is 2.77. The molecule has 0 rings (SSSR count). The van der Waals surface area contributed by atoms with Crippen LogP contribution in [0.4, 0.5) is 4.79 Å². The maximum Gasteiger partial charge on any atom is 0.407 e.